The van der Waals surface area contributed by atoms with Crippen molar-refractivity contribution in [2.45, 2.75) is 19.9 Å². The third-order valence-electron chi connectivity index (χ3n) is 5.56. The fraction of sp³-hybridized carbons (Fsp3) is 0.333. The molecule has 3 aromatic heterocycles. The van der Waals surface area contributed by atoms with E-state index in [-0.39, 0.29) is 5.91 Å². The maximum atomic E-state index is 12.8. The predicted octanol–water partition coefficient (Wildman–Crippen LogP) is 2.13. The second kappa shape index (κ2) is 7.20. The standard InChI is InChI=1S/C21H23N7O/c1-16-14-19(28-21(24-16)22-15-23-28)26-10-12-27(13-11-26)20(29)7-9-25-8-6-17-4-2-3-5-18(17)25/h2-6,8,14-15H,7,9-13H2,1H3. The van der Waals surface area contributed by atoms with Crippen LogP contribution >= 0.6 is 0 Å². The molecule has 5 rings (SSSR count). The lowest BCUT2D eigenvalue weighted by Crippen LogP contribution is -2.49. The van der Waals surface area contributed by atoms with Crippen molar-refractivity contribution in [2.24, 2.45) is 0 Å². The Balaban J connectivity index is 1.22. The molecule has 1 fully saturated rings. The summed E-state index contributed by atoms with van der Waals surface area (Å²) < 4.78 is 3.92. The average Bonchev–Trinajstić information content (AvgIpc) is 3.38. The number of rotatable bonds is 4. The molecule has 0 spiro atoms. The zero-order chi connectivity index (χ0) is 19.8. The number of carbonyl (C=O) groups is 1. The first kappa shape index (κ1) is 17.7. The first-order valence-corrected chi connectivity index (χ1v) is 9.93. The van der Waals surface area contributed by atoms with Crippen molar-refractivity contribution in [2.75, 3.05) is 31.1 Å². The Bertz CT molecular complexity index is 1170. The Morgan fingerprint density at radius 1 is 1.10 bits per heavy atom. The van der Waals surface area contributed by atoms with Gasteiger partial charge in [-0.25, -0.2) is 4.98 Å². The van der Waals surface area contributed by atoms with Gasteiger partial charge in [0.05, 0.1) is 0 Å². The number of amides is 1. The molecule has 148 valence electrons. The van der Waals surface area contributed by atoms with Gasteiger partial charge in [-0.15, -0.1) is 0 Å². The molecule has 8 nitrogen and oxygen atoms in total. The van der Waals surface area contributed by atoms with Gasteiger partial charge in [-0.2, -0.15) is 14.6 Å². The Labute approximate surface area is 168 Å². The van der Waals surface area contributed by atoms with E-state index >= 15 is 0 Å². The third-order valence-corrected chi connectivity index (χ3v) is 5.56. The van der Waals surface area contributed by atoms with Gasteiger partial charge in [0.2, 0.25) is 5.91 Å². The summed E-state index contributed by atoms with van der Waals surface area (Å²) in [5.41, 5.74) is 2.09. The number of hydrogen-bond donors (Lipinski definition) is 0. The molecule has 0 N–H and O–H groups in total. The van der Waals surface area contributed by atoms with E-state index in [0.29, 0.717) is 31.8 Å². The lowest BCUT2D eigenvalue weighted by atomic mass is 10.2. The van der Waals surface area contributed by atoms with Gasteiger partial charge >= 0.3 is 0 Å². The molecule has 0 aliphatic carbocycles. The van der Waals surface area contributed by atoms with Gasteiger partial charge in [0, 0.05) is 62.6 Å². The molecule has 4 aromatic rings. The largest absolute Gasteiger partial charge is 0.353 e. The molecular formula is C21H23N7O. The van der Waals surface area contributed by atoms with Crippen molar-refractivity contribution >= 4 is 28.4 Å². The maximum absolute atomic E-state index is 12.8. The van der Waals surface area contributed by atoms with Gasteiger partial charge in [0.1, 0.15) is 12.1 Å². The van der Waals surface area contributed by atoms with Crippen molar-refractivity contribution in [3.63, 3.8) is 0 Å². The number of nitrogens with zero attached hydrogens (tertiary/aromatic N) is 7. The molecule has 8 heteroatoms. The molecule has 0 unspecified atom stereocenters. The summed E-state index contributed by atoms with van der Waals surface area (Å²) in [6.45, 7) is 5.64. The smallest absolute Gasteiger partial charge is 0.254 e. The molecule has 1 aliphatic rings. The molecule has 0 radical (unpaired) electrons. The highest BCUT2D eigenvalue weighted by Gasteiger charge is 2.23. The summed E-state index contributed by atoms with van der Waals surface area (Å²) in [6.07, 6.45) is 4.10. The highest BCUT2D eigenvalue weighted by Crippen LogP contribution is 2.19. The molecule has 4 heterocycles. The highest BCUT2D eigenvalue weighted by molar-refractivity contribution is 5.80. The molecular weight excluding hydrogens is 366 g/mol. The van der Waals surface area contributed by atoms with E-state index in [0.717, 1.165) is 24.6 Å². The van der Waals surface area contributed by atoms with E-state index in [2.05, 4.69) is 48.9 Å². The SMILES string of the molecule is Cc1cc(N2CCN(C(=O)CCn3ccc4ccccc43)CC2)n2ncnc2n1. The van der Waals surface area contributed by atoms with Crippen LogP contribution in [0.1, 0.15) is 12.1 Å². The molecule has 29 heavy (non-hydrogen) atoms. The number of anilines is 1. The monoisotopic (exact) mass is 389 g/mol. The number of fused-ring (bicyclic) bond motifs is 2. The van der Waals surface area contributed by atoms with Crippen LogP contribution in [-0.2, 0) is 11.3 Å². The number of aromatic nitrogens is 5. The van der Waals surface area contributed by atoms with Gasteiger partial charge in [-0.3, -0.25) is 4.79 Å². The minimum atomic E-state index is 0.208. The third kappa shape index (κ3) is 3.30. The number of benzene rings is 1. The zero-order valence-corrected chi connectivity index (χ0v) is 16.4. The van der Waals surface area contributed by atoms with Gasteiger partial charge < -0.3 is 14.4 Å². The number of carbonyl (C=O) groups excluding carboxylic acids is 1. The quantitative estimate of drug-likeness (QED) is 0.535. The van der Waals surface area contributed by atoms with Gasteiger partial charge in [0.25, 0.3) is 5.78 Å². The molecule has 0 bridgehead atoms. The summed E-state index contributed by atoms with van der Waals surface area (Å²) in [5.74, 6) is 1.80. The highest BCUT2D eigenvalue weighted by atomic mass is 16.2. The number of hydrogen-bond acceptors (Lipinski definition) is 5. The number of piperazine rings is 1. The summed E-state index contributed by atoms with van der Waals surface area (Å²) in [6, 6.07) is 12.4. The van der Waals surface area contributed by atoms with Crippen molar-refractivity contribution in [1.82, 2.24) is 29.0 Å². The van der Waals surface area contributed by atoms with Gasteiger partial charge in [0.15, 0.2) is 0 Å². The second-order valence-electron chi connectivity index (χ2n) is 7.41. The Morgan fingerprint density at radius 2 is 1.93 bits per heavy atom. The van der Waals surface area contributed by atoms with Gasteiger partial charge in [-0.1, -0.05) is 18.2 Å². The van der Waals surface area contributed by atoms with Crippen LogP contribution in [0.25, 0.3) is 16.7 Å². The van der Waals surface area contributed by atoms with Crippen molar-refractivity contribution in [3.8, 4) is 0 Å². The fourth-order valence-corrected chi connectivity index (χ4v) is 4.03. The minimum absolute atomic E-state index is 0.208. The fourth-order valence-electron chi connectivity index (χ4n) is 4.03. The zero-order valence-electron chi connectivity index (χ0n) is 16.4. The number of aryl methyl sites for hydroxylation is 2. The van der Waals surface area contributed by atoms with E-state index in [4.69, 9.17) is 0 Å². The molecule has 1 aliphatic heterocycles. The minimum Gasteiger partial charge on any atom is -0.353 e. The summed E-state index contributed by atoms with van der Waals surface area (Å²) in [5, 5.41) is 5.50. The molecule has 0 atom stereocenters. The van der Waals surface area contributed by atoms with Crippen molar-refractivity contribution < 1.29 is 4.79 Å². The Kier molecular flexibility index (Phi) is 4.38. The van der Waals surface area contributed by atoms with Crippen LogP contribution < -0.4 is 4.90 Å². The molecule has 0 saturated carbocycles. The predicted molar refractivity (Wildman–Crippen MR) is 111 cm³/mol. The van der Waals surface area contributed by atoms with E-state index in [1.807, 2.05) is 30.0 Å². The summed E-state index contributed by atoms with van der Waals surface area (Å²) in [4.78, 5) is 25.6. The van der Waals surface area contributed by atoms with Crippen LogP contribution in [0, 0.1) is 6.92 Å². The second-order valence-corrected chi connectivity index (χ2v) is 7.41. The normalized spacial score (nSPS) is 14.8. The van der Waals surface area contributed by atoms with Crippen LogP contribution in [0.3, 0.4) is 0 Å². The lowest BCUT2D eigenvalue weighted by Gasteiger charge is -2.36. The topological polar surface area (TPSA) is 71.6 Å². The first-order chi connectivity index (χ1) is 14.2. The van der Waals surface area contributed by atoms with E-state index in [1.165, 1.54) is 17.2 Å². The molecule has 1 aromatic carbocycles. The van der Waals surface area contributed by atoms with Crippen LogP contribution in [0.4, 0.5) is 5.82 Å². The van der Waals surface area contributed by atoms with E-state index in [9.17, 15) is 4.79 Å². The average molecular weight is 389 g/mol. The Hall–Kier alpha value is -3.42. The number of para-hydroxylation sites is 1. The van der Waals surface area contributed by atoms with E-state index < -0.39 is 0 Å². The molecule has 1 saturated heterocycles. The van der Waals surface area contributed by atoms with Crippen LogP contribution in [-0.4, -0.2) is 61.1 Å². The molecule has 1 amide bonds. The lowest BCUT2D eigenvalue weighted by molar-refractivity contribution is -0.131. The van der Waals surface area contributed by atoms with Crippen molar-refractivity contribution in [3.05, 3.63) is 54.6 Å². The van der Waals surface area contributed by atoms with Crippen LogP contribution in [0.2, 0.25) is 0 Å². The van der Waals surface area contributed by atoms with Gasteiger partial charge in [-0.05, 0) is 24.4 Å². The summed E-state index contributed by atoms with van der Waals surface area (Å²) >= 11 is 0. The van der Waals surface area contributed by atoms with Crippen LogP contribution in [0.5, 0.6) is 0 Å². The maximum Gasteiger partial charge on any atom is 0.254 e. The Morgan fingerprint density at radius 3 is 2.79 bits per heavy atom. The van der Waals surface area contributed by atoms with E-state index in [1.54, 1.807) is 4.52 Å². The van der Waals surface area contributed by atoms with Crippen molar-refractivity contribution in [1.29, 1.82) is 0 Å². The van der Waals surface area contributed by atoms with Crippen LogP contribution in [0.15, 0.2) is 48.9 Å². The summed E-state index contributed by atoms with van der Waals surface area (Å²) in [7, 11) is 0. The first-order valence-electron chi connectivity index (χ1n) is 9.93.